The Morgan fingerprint density at radius 2 is 1.31 bits per heavy atom. The monoisotopic (exact) mass is 466 g/mol. The highest BCUT2D eigenvalue weighted by molar-refractivity contribution is 7.70. The molecule has 1 aliphatic rings. The summed E-state index contributed by atoms with van der Waals surface area (Å²) in [5.74, 6) is 0. The molecule has 0 amide bonds. The summed E-state index contributed by atoms with van der Waals surface area (Å²) in [5, 5.41) is 19.0. The summed E-state index contributed by atoms with van der Waals surface area (Å²) in [6.45, 7) is 0.986. The highest BCUT2D eigenvalue weighted by Crippen LogP contribution is 2.70. The maximum absolute atomic E-state index is 11.6. The summed E-state index contributed by atoms with van der Waals surface area (Å²) in [4.78, 5) is 36.4. The van der Waals surface area contributed by atoms with E-state index >= 15 is 0 Å². The second-order valence-electron chi connectivity index (χ2n) is 5.11. The van der Waals surface area contributed by atoms with Gasteiger partial charge in [0.1, 0.15) is 18.3 Å². The van der Waals surface area contributed by atoms with Gasteiger partial charge in [-0.05, 0) is 6.92 Å². The average molecular weight is 466 g/mol. The van der Waals surface area contributed by atoms with Gasteiger partial charge >= 0.3 is 31.1 Å². The fourth-order valence-corrected chi connectivity index (χ4v) is 6.66. The quantitative estimate of drug-likeness (QED) is 0.239. The van der Waals surface area contributed by atoms with Crippen molar-refractivity contribution >= 4 is 31.1 Å². The molecule has 1 fully saturated rings. The molecule has 0 aromatic carbocycles. The number of phosphoric acid groups is 3. The Kier molecular flexibility index (Phi) is 7.98. The molecule has 0 saturated carbocycles. The van der Waals surface area contributed by atoms with E-state index in [1.54, 1.807) is 0 Å². The van der Waals surface area contributed by atoms with E-state index in [-0.39, 0.29) is 0 Å². The smallest absolute Gasteiger partial charge is 0.388 e. The van der Waals surface area contributed by atoms with Crippen molar-refractivity contribution in [3.63, 3.8) is 0 Å². The summed E-state index contributed by atoms with van der Waals surface area (Å²) in [6, 6.07) is 0. The van der Waals surface area contributed by atoms with Crippen molar-refractivity contribution in [3.8, 4) is 0 Å². The molecule has 8 atom stereocenters. The van der Waals surface area contributed by atoms with Crippen LogP contribution in [0.4, 0.5) is 0 Å². The Labute approximate surface area is 146 Å². The minimum absolute atomic E-state index is 0.463. The van der Waals surface area contributed by atoms with Gasteiger partial charge in [0.05, 0.1) is 12.7 Å². The Morgan fingerprint density at radius 1 is 0.846 bits per heavy atom. The molecular weight excluding hydrogens is 448 g/mol. The van der Waals surface area contributed by atoms with E-state index < -0.39 is 62.1 Å². The van der Waals surface area contributed by atoms with Gasteiger partial charge in [0.25, 0.3) is 0 Å². The summed E-state index contributed by atoms with van der Waals surface area (Å²) < 4.78 is 65.5. The molecule has 15 nitrogen and oxygen atoms in total. The molecule has 1 aliphatic heterocycles. The molecule has 8 unspecified atom stereocenters. The Bertz CT molecular complexity index is 685. The normalized spacial score (nSPS) is 35.8. The van der Waals surface area contributed by atoms with E-state index in [0.717, 1.165) is 0 Å². The van der Waals surface area contributed by atoms with Crippen LogP contribution in [0, 0.1) is 0 Å². The van der Waals surface area contributed by atoms with Crippen molar-refractivity contribution in [3.05, 3.63) is 0 Å². The van der Waals surface area contributed by atoms with Crippen LogP contribution >= 0.6 is 31.1 Å². The van der Waals surface area contributed by atoms with Crippen LogP contribution in [0.15, 0.2) is 0 Å². The fraction of sp³-hybridized carbons (Fsp3) is 1.00. The van der Waals surface area contributed by atoms with Crippen LogP contribution in [-0.2, 0) is 40.5 Å². The van der Waals surface area contributed by atoms with E-state index in [0.29, 0.717) is 6.66 Å². The lowest BCUT2D eigenvalue weighted by atomic mass is 10.1. The zero-order valence-electron chi connectivity index (χ0n) is 13.2. The van der Waals surface area contributed by atoms with Gasteiger partial charge in [-0.1, -0.05) is 0 Å². The van der Waals surface area contributed by atoms with E-state index in [4.69, 9.17) is 14.5 Å². The first kappa shape index (κ1) is 24.5. The minimum atomic E-state index is -5.78. The molecule has 0 spiro atoms. The molecule has 0 bridgehead atoms. The molecule has 19 heteroatoms. The molecule has 0 radical (unpaired) electrons. The number of ether oxygens (including phenoxy) is 1. The van der Waals surface area contributed by atoms with Gasteiger partial charge in [-0.15, -0.1) is 0 Å². The van der Waals surface area contributed by atoms with Crippen LogP contribution in [0.25, 0.3) is 0 Å². The van der Waals surface area contributed by atoms with Gasteiger partial charge in [0.15, 0.2) is 0 Å². The van der Waals surface area contributed by atoms with Crippen LogP contribution in [0.2, 0.25) is 0 Å². The minimum Gasteiger partial charge on any atom is -0.388 e. The summed E-state index contributed by atoms with van der Waals surface area (Å²) in [5.41, 5.74) is 0. The first-order valence-electron chi connectivity index (χ1n) is 6.52. The largest absolute Gasteiger partial charge is 0.490 e. The Balaban J connectivity index is 2.67. The van der Waals surface area contributed by atoms with Crippen molar-refractivity contribution in [2.24, 2.45) is 0 Å². The van der Waals surface area contributed by atoms with Crippen molar-refractivity contribution in [2.75, 3.05) is 13.3 Å². The second-order valence-corrected chi connectivity index (χ2v) is 11.7. The van der Waals surface area contributed by atoms with Gasteiger partial charge in [0, 0.05) is 6.66 Å². The summed E-state index contributed by atoms with van der Waals surface area (Å²) in [7, 11) is -21.4. The van der Waals surface area contributed by atoms with Gasteiger partial charge < -0.3 is 34.5 Å². The first-order chi connectivity index (χ1) is 11.4. The predicted octanol–water partition coefficient (Wildman–Crippen LogP) is -0.322. The maximum Gasteiger partial charge on any atom is 0.490 e. The highest BCUT2D eigenvalue weighted by Gasteiger charge is 2.46. The third-order valence-electron chi connectivity index (χ3n) is 2.67. The molecule has 1 heterocycles. The van der Waals surface area contributed by atoms with Gasteiger partial charge in [0.2, 0.25) is 0 Å². The molecule has 1 saturated heterocycles. The zero-order valence-corrected chi connectivity index (χ0v) is 16.7. The lowest BCUT2D eigenvalue weighted by Gasteiger charge is -2.20. The van der Waals surface area contributed by atoms with Crippen molar-refractivity contribution in [1.29, 1.82) is 0 Å². The van der Waals surface area contributed by atoms with Crippen LogP contribution < -0.4 is 0 Å². The van der Waals surface area contributed by atoms with E-state index in [1.165, 1.54) is 6.92 Å². The summed E-state index contributed by atoms with van der Waals surface area (Å²) in [6.07, 6.45) is -4.91. The SMILES string of the molecule is CC1OC(COP(=O)(O)OP(=O)(O)OP(=O)(O)OP(C)(=O)O)C(O)C1O. The topological polar surface area (TPSA) is 236 Å². The molecular formula is C7H18O15P4. The Morgan fingerprint density at radius 3 is 1.73 bits per heavy atom. The third-order valence-corrected chi connectivity index (χ3v) is 8.49. The number of phosphoric ester groups is 1. The van der Waals surface area contributed by atoms with E-state index in [2.05, 4.69) is 17.5 Å². The lowest BCUT2D eigenvalue weighted by Crippen LogP contribution is -2.33. The molecule has 0 aromatic rings. The van der Waals surface area contributed by atoms with Crippen LogP contribution in [0.3, 0.4) is 0 Å². The lowest BCUT2D eigenvalue weighted by molar-refractivity contribution is -0.0168. The van der Waals surface area contributed by atoms with Crippen molar-refractivity contribution in [2.45, 2.75) is 31.3 Å². The van der Waals surface area contributed by atoms with Gasteiger partial charge in [-0.25, -0.2) is 18.0 Å². The van der Waals surface area contributed by atoms with E-state index in [1.807, 2.05) is 0 Å². The van der Waals surface area contributed by atoms with Crippen LogP contribution in [0.1, 0.15) is 6.92 Å². The number of hydrogen-bond donors (Lipinski definition) is 6. The van der Waals surface area contributed by atoms with E-state index in [9.17, 15) is 38.3 Å². The van der Waals surface area contributed by atoms with Crippen molar-refractivity contribution in [1.82, 2.24) is 0 Å². The average Bonchev–Trinajstić information content (AvgIpc) is 2.58. The summed E-state index contributed by atoms with van der Waals surface area (Å²) >= 11 is 0. The maximum atomic E-state index is 11.6. The number of aliphatic hydroxyl groups excluding tert-OH is 2. The Hall–Kier alpha value is 0.480. The number of aliphatic hydroxyl groups is 2. The molecule has 0 aromatic heterocycles. The third kappa shape index (κ3) is 8.24. The fourth-order valence-electron chi connectivity index (χ4n) is 1.75. The van der Waals surface area contributed by atoms with Gasteiger partial charge in [-0.3, -0.25) is 9.09 Å². The van der Waals surface area contributed by atoms with Crippen LogP contribution in [-0.4, -0.2) is 67.5 Å². The van der Waals surface area contributed by atoms with Crippen molar-refractivity contribution < 1.29 is 70.2 Å². The zero-order chi connectivity index (χ0) is 20.6. The molecule has 26 heavy (non-hydrogen) atoms. The molecule has 156 valence electrons. The van der Waals surface area contributed by atoms with Gasteiger partial charge in [-0.2, -0.15) is 8.62 Å². The second kappa shape index (κ2) is 8.46. The molecule has 0 aliphatic carbocycles. The highest BCUT2D eigenvalue weighted by atomic mass is 31.3. The molecule has 6 N–H and O–H groups in total. The first-order valence-corrected chi connectivity index (χ1v) is 13.0. The van der Waals surface area contributed by atoms with Crippen LogP contribution in [0.5, 0.6) is 0 Å². The predicted molar refractivity (Wildman–Crippen MR) is 80.8 cm³/mol. The number of rotatable bonds is 9. The molecule has 1 rings (SSSR count). The standard InChI is InChI=1S/C7H18O15P4/c1-4-6(8)7(9)5(19-4)3-18-24(12,13)21-26(16,17)22-25(14,15)20-23(2,10)11/h4-9H,3H2,1-2H3,(H,10,11)(H,12,13)(H,14,15)(H,16,17). The number of hydrogen-bond acceptors (Lipinski definition) is 11.